The van der Waals surface area contributed by atoms with Crippen molar-refractivity contribution >= 4 is 28.8 Å². The molecule has 0 radical (unpaired) electrons. The van der Waals surface area contributed by atoms with Crippen LogP contribution in [-0.2, 0) is 6.42 Å². The van der Waals surface area contributed by atoms with Crippen molar-refractivity contribution in [2.24, 2.45) is 0 Å². The Labute approximate surface area is 164 Å². The van der Waals surface area contributed by atoms with Crippen LogP contribution in [-0.4, -0.2) is 15.8 Å². The fourth-order valence-corrected chi connectivity index (χ4v) is 4.58. The van der Waals surface area contributed by atoms with Crippen molar-refractivity contribution in [3.63, 3.8) is 0 Å². The van der Waals surface area contributed by atoms with Crippen LogP contribution in [0.3, 0.4) is 0 Å². The van der Waals surface area contributed by atoms with Crippen LogP contribution < -0.4 is 5.32 Å². The van der Waals surface area contributed by atoms with Gasteiger partial charge in [0.25, 0.3) is 0 Å². The van der Waals surface area contributed by atoms with Gasteiger partial charge < -0.3 is 5.32 Å². The third kappa shape index (κ3) is 3.18. The summed E-state index contributed by atoms with van der Waals surface area (Å²) in [5.41, 5.74) is 2.24. The number of benzene rings is 1. The Hall–Kier alpha value is -2.82. The van der Waals surface area contributed by atoms with Crippen LogP contribution >= 0.6 is 22.9 Å². The summed E-state index contributed by atoms with van der Waals surface area (Å²) in [5, 5.41) is 21.0. The molecule has 0 fully saturated rings. The molecule has 4 rings (SSSR count). The molecule has 0 aliphatic carbocycles. The molecule has 1 aliphatic heterocycles. The largest absolute Gasteiger partial charge is 0.362 e. The van der Waals surface area contributed by atoms with E-state index < -0.39 is 5.82 Å². The molecule has 0 spiro atoms. The number of thiophene rings is 1. The van der Waals surface area contributed by atoms with E-state index in [0.29, 0.717) is 22.8 Å². The van der Waals surface area contributed by atoms with E-state index in [2.05, 4.69) is 15.3 Å². The lowest BCUT2D eigenvalue weighted by Crippen LogP contribution is -2.36. The molecule has 3 heterocycles. The highest BCUT2D eigenvalue weighted by molar-refractivity contribution is 7.16. The lowest BCUT2D eigenvalue weighted by Gasteiger charge is -2.26. The van der Waals surface area contributed by atoms with E-state index in [4.69, 9.17) is 22.3 Å². The molecule has 0 amide bonds. The summed E-state index contributed by atoms with van der Waals surface area (Å²) in [4.78, 5) is 10.3. The highest BCUT2D eigenvalue weighted by Crippen LogP contribution is 2.40. The number of hydrogen-bond acceptors (Lipinski definition) is 5. The minimum Gasteiger partial charge on any atom is -0.362 e. The molecule has 8 heteroatoms. The molecule has 2 N–H and O–H groups in total. The van der Waals surface area contributed by atoms with E-state index in [1.807, 2.05) is 19.1 Å². The number of halogens is 2. The average molecular weight is 398 g/mol. The fourth-order valence-electron chi connectivity index (χ4n) is 3.06. The van der Waals surface area contributed by atoms with Gasteiger partial charge in [0, 0.05) is 22.4 Å². The topological polar surface area (TPSA) is 85.5 Å². The Bertz CT molecular complexity index is 1120. The molecule has 27 heavy (non-hydrogen) atoms. The molecule has 1 aliphatic rings. The number of aromatic nitrogens is 2. The van der Waals surface area contributed by atoms with Crippen molar-refractivity contribution < 1.29 is 4.39 Å². The van der Waals surface area contributed by atoms with Gasteiger partial charge in [-0.3, -0.25) is 5.41 Å². The van der Waals surface area contributed by atoms with Gasteiger partial charge in [-0.1, -0.05) is 17.7 Å². The molecular weight excluding hydrogens is 385 g/mol. The van der Waals surface area contributed by atoms with E-state index in [9.17, 15) is 4.39 Å². The Balaban J connectivity index is 1.70. The molecule has 134 valence electrons. The lowest BCUT2D eigenvalue weighted by molar-refractivity contribution is 0.619. The predicted octanol–water partition coefficient (Wildman–Crippen LogP) is 4.39. The number of fused-ring (bicyclic) bond motifs is 1. The SMILES string of the molecule is Cc1ncc2c(n1)CC(c1sc(-c3ccc(F)c(C#N)c3)cc1Cl)NC2=N. The minimum absolute atomic E-state index is 0.00255. The second-order valence-electron chi connectivity index (χ2n) is 6.18. The van der Waals surface area contributed by atoms with Gasteiger partial charge >= 0.3 is 0 Å². The Morgan fingerprint density at radius 1 is 1.41 bits per heavy atom. The number of hydrogen-bond donors (Lipinski definition) is 2. The molecule has 5 nitrogen and oxygen atoms in total. The number of nitrogens with zero attached hydrogens (tertiary/aromatic N) is 3. The van der Waals surface area contributed by atoms with Crippen LogP contribution in [0.2, 0.25) is 5.02 Å². The van der Waals surface area contributed by atoms with Gasteiger partial charge in [-0.2, -0.15) is 5.26 Å². The van der Waals surface area contributed by atoms with Crippen molar-refractivity contribution in [2.45, 2.75) is 19.4 Å². The van der Waals surface area contributed by atoms with Gasteiger partial charge in [-0.15, -0.1) is 11.3 Å². The maximum atomic E-state index is 13.6. The lowest BCUT2D eigenvalue weighted by atomic mass is 10.00. The molecule has 3 aromatic rings. The van der Waals surface area contributed by atoms with Crippen LogP contribution in [0, 0.1) is 29.5 Å². The normalized spacial score (nSPS) is 15.8. The van der Waals surface area contributed by atoms with Crippen molar-refractivity contribution in [1.82, 2.24) is 15.3 Å². The van der Waals surface area contributed by atoms with E-state index in [1.165, 1.54) is 23.5 Å². The summed E-state index contributed by atoms with van der Waals surface area (Å²) >= 11 is 7.93. The first-order chi connectivity index (χ1) is 13.0. The fraction of sp³-hybridized carbons (Fsp3) is 0.158. The van der Waals surface area contributed by atoms with Crippen LogP contribution in [0.5, 0.6) is 0 Å². The van der Waals surface area contributed by atoms with Crippen LogP contribution in [0.1, 0.15) is 33.6 Å². The van der Waals surface area contributed by atoms with Gasteiger partial charge in [0.05, 0.1) is 27.9 Å². The third-order valence-electron chi connectivity index (χ3n) is 4.37. The molecular formula is C19H13ClFN5S. The first-order valence-electron chi connectivity index (χ1n) is 8.13. The molecule has 0 saturated carbocycles. The van der Waals surface area contributed by atoms with Gasteiger partial charge in [0.2, 0.25) is 0 Å². The second-order valence-corrected chi connectivity index (χ2v) is 7.67. The average Bonchev–Trinajstić information content (AvgIpc) is 3.03. The number of rotatable bonds is 2. The summed E-state index contributed by atoms with van der Waals surface area (Å²) in [6.07, 6.45) is 2.25. The zero-order valence-corrected chi connectivity index (χ0v) is 15.7. The standard InChI is InChI=1S/C19H13ClFN5S/c1-9-24-8-12-15(25-9)6-16(26-19(12)23)18-13(20)5-17(27-18)10-2-3-14(21)11(4-10)7-22/h2-5,8,16H,6H2,1H3,(H2,23,26). The second kappa shape index (κ2) is 6.72. The summed E-state index contributed by atoms with van der Waals surface area (Å²) in [5.74, 6) is 0.384. The maximum absolute atomic E-state index is 13.6. The smallest absolute Gasteiger partial charge is 0.140 e. The van der Waals surface area contributed by atoms with E-state index in [-0.39, 0.29) is 17.4 Å². The molecule has 1 atom stereocenters. The van der Waals surface area contributed by atoms with Crippen LogP contribution in [0.15, 0.2) is 30.5 Å². The van der Waals surface area contributed by atoms with Gasteiger partial charge in [-0.05, 0) is 30.7 Å². The summed E-state index contributed by atoms with van der Waals surface area (Å²) in [6.45, 7) is 1.82. The van der Waals surface area contributed by atoms with Crippen LogP contribution in [0.4, 0.5) is 4.39 Å². The molecule has 2 aromatic heterocycles. The minimum atomic E-state index is -0.543. The highest BCUT2D eigenvalue weighted by Gasteiger charge is 2.28. The Kier molecular flexibility index (Phi) is 4.38. The highest BCUT2D eigenvalue weighted by atomic mass is 35.5. The van der Waals surface area contributed by atoms with E-state index in [1.54, 1.807) is 12.3 Å². The number of nitrogens with one attached hydrogen (secondary N) is 2. The number of aryl methyl sites for hydroxylation is 1. The first-order valence-corrected chi connectivity index (χ1v) is 9.33. The zero-order valence-electron chi connectivity index (χ0n) is 14.2. The van der Waals surface area contributed by atoms with Crippen molar-refractivity contribution in [1.29, 1.82) is 10.7 Å². The molecule has 0 saturated heterocycles. The number of amidine groups is 1. The van der Waals surface area contributed by atoms with Crippen molar-refractivity contribution in [2.75, 3.05) is 0 Å². The quantitative estimate of drug-likeness (QED) is 0.671. The summed E-state index contributed by atoms with van der Waals surface area (Å²) in [7, 11) is 0. The first kappa shape index (κ1) is 17.6. The summed E-state index contributed by atoms with van der Waals surface area (Å²) in [6, 6.07) is 7.91. The number of nitriles is 1. The van der Waals surface area contributed by atoms with Crippen molar-refractivity contribution in [3.8, 4) is 16.5 Å². The van der Waals surface area contributed by atoms with E-state index in [0.717, 1.165) is 21.0 Å². The Morgan fingerprint density at radius 2 is 2.22 bits per heavy atom. The van der Waals surface area contributed by atoms with Gasteiger partial charge in [-0.25, -0.2) is 14.4 Å². The summed E-state index contributed by atoms with van der Waals surface area (Å²) < 4.78 is 13.6. The van der Waals surface area contributed by atoms with E-state index >= 15 is 0 Å². The molecule has 1 aromatic carbocycles. The van der Waals surface area contributed by atoms with Gasteiger partial charge in [0.1, 0.15) is 23.5 Å². The van der Waals surface area contributed by atoms with Gasteiger partial charge in [0.15, 0.2) is 0 Å². The Morgan fingerprint density at radius 3 is 3.00 bits per heavy atom. The maximum Gasteiger partial charge on any atom is 0.140 e. The molecule has 1 unspecified atom stereocenters. The van der Waals surface area contributed by atoms with Crippen LogP contribution in [0.25, 0.3) is 10.4 Å². The zero-order chi connectivity index (χ0) is 19.1. The monoisotopic (exact) mass is 397 g/mol. The molecule has 0 bridgehead atoms. The predicted molar refractivity (Wildman–Crippen MR) is 103 cm³/mol. The van der Waals surface area contributed by atoms with Crippen molar-refractivity contribution in [3.05, 3.63) is 68.8 Å². The third-order valence-corrected chi connectivity index (χ3v) is 6.10.